The van der Waals surface area contributed by atoms with E-state index in [1.165, 1.54) is 34.7 Å². The van der Waals surface area contributed by atoms with E-state index < -0.39 is 30.1 Å². The van der Waals surface area contributed by atoms with Crippen LogP contribution in [0.5, 0.6) is 11.5 Å². The normalized spacial score (nSPS) is 15.6. The fourth-order valence-corrected chi connectivity index (χ4v) is 3.94. The number of amides is 1. The molecule has 7 heteroatoms. The summed E-state index contributed by atoms with van der Waals surface area (Å²) in [4.78, 5) is 38.7. The van der Waals surface area contributed by atoms with Crippen LogP contribution in [0.2, 0.25) is 0 Å². The van der Waals surface area contributed by atoms with Crippen LogP contribution in [0.1, 0.15) is 43.1 Å². The molecule has 0 aromatic heterocycles. The van der Waals surface area contributed by atoms with E-state index in [9.17, 15) is 18.8 Å². The molecule has 0 radical (unpaired) electrons. The molecule has 1 heterocycles. The molecule has 0 N–H and O–H groups in total. The molecule has 0 bridgehead atoms. The van der Waals surface area contributed by atoms with Gasteiger partial charge in [0.15, 0.2) is 12.4 Å². The molecule has 1 atom stereocenters. The molecule has 1 aliphatic rings. The fourth-order valence-electron chi connectivity index (χ4n) is 3.94. The number of anilines is 1. The van der Waals surface area contributed by atoms with Gasteiger partial charge < -0.3 is 14.4 Å². The summed E-state index contributed by atoms with van der Waals surface area (Å²) < 4.78 is 24.1. The summed E-state index contributed by atoms with van der Waals surface area (Å²) in [6, 6.07) is 20.0. The minimum absolute atomic E-state index is 0.00193. The van der Waals surface area contributed by atoms with Crippen LogP contribution in [-0.4, -0.2) is 30.8 Å². The van der Waals surface area contributed by atoms with Gasteiger partial charge in [0.1, 0.15) is 17.3 Å². The molecule has 0 aliphatic carbocycles. The summed E-state index contributed by atoms with van der Waals surface area (Å²) in [7, 11) is 0. The molecule has 36 heavy (non-hydrogen) atoms. The topological polar surface area (TPSA) is 72.9 Å². The van der Waals surface area contributed by atoms with Crippen LogP contribution >= 0.6 is 0 Å². The zero-order valence-electron chi connectivity index (χ0n) is 20.5. The Hall–Kier alpha value is -4.00. The van der Waals surface area contributed by atoms with Crippen LogP contribution in [0.25, 0.3) is 0 Å². The van der Waals surface area contributed by atoms with Gasteiger partial charge in [-0.1, -0.05) is 32.9 Å². The van der Waals surface area contributed by atoms with Crippen molar-refractivity contribution in [2.75, 3.05) is 18.1 Å². The Morgan fingerprint density at radius 2 is 1.50 bits per heavy atom. The Labute approximate surface area is 209 Å². The molecule has 4 rings (SSSR count). The number of ether oxygens (including phenoxy) is 2. The standard InChI is InChI=1S/C29H28FNO5/c1-29(2,3)21-6-12-24(13-7-21)36-25-14-10-23(11-15-25)31-17-20(16-27(31)33)28(34)35-18-26(32)19-4-8-22(30)9-5-19/h4-15,20H,16-18H2,1-3H3/t20-/m0/s1. The number of halogens is 1. The summed E-state index contributed by atoms with van der Waals surface area (Å²) >= 11 is 0. The highest BCUT2D eigenvalue weighted by Gasteiger charge is 2.36. The molecule has 1 amide bonds. The van der Waals surface area contributed by atoms with E-state index in [4.69, 9.17) is 9.47 Å². The van der Waals surface area contributed by atoms with Crippen molar-refractivity contribution < 1.29 is 28.2 Å². The van der Waals surface area contributed by atoms with E-state index in [2.05, 4.69) is 20.8 Å². The first kappa shape index (κ1) is 25.1. The molecule has 1 fully saturated rings. The second-order valence-corrected chi connectivity index (χ2v) is 9.81. The molecule has 3 aromatic rings. The van der Waals surface area contributed by atoms with Crippen molar-refractivity contribution in [1.82, 2.24) is 0 Å². The lowest BCUT2D eigenvalue weighted by molar-refractivity contribution is -0.147. The number of hydrogen-bond acceptors (Lipinski definition) is 5. The Morgan fingerprint density at radius 3 is 2.08 bits per heavy atom. The maximum atomic E-state index is 13.0. The van der Waals surface area contributed by atoms with Crippen molar-refractivity contribution in [1.29, 1.82) is 0 Å². The summed E-state index contributed by atoms with van der Waals surface area (Å²) in [5.41, 5.74) is 2.17. The molecule has 3 aromatic carbocycles. The largest absolute Gasteiger partial charge is 0.457 e. The van der Waals surface area contributed by atoms with Crippen molar-refractivity contribution >= 4 is 23.3 Å². The highest BCUT2D eigenvalue weighted by atomic mass is 19.1. The van der Waals surface area contributed by atoms with Crippen molar-refractivity contribution in [3.05, 3.63) is 89.7 Å². The number of carbonyl (C=O) groups excluding carboxylic acids is 3. The van der Waals surface area contributed by atoms with Gasteiger partial charge in [0, 0.05) is 24.2 Å². The SMILES string of the molecule is CC(C)(C)c1ccc(Oc2ccc(N3C[C@@H](C(=O)OCC(=O)c4ccc(F)cc4)CC3=O)cc2)cc1. The molecular formula is C29H28FNO5. The Morgan fingerprint density at radius 1 is 0.917 bits per heavy atom. The number of hydrogen-bond donors (Lipinski definition) is 0. The number of carbonyl (C=O) groups is 3. The lowest BCUT2D eigenvalue weighted by atomic mass is 9.87. The zero-order chi connectivity index (χ0) is 25.9. The van der Waals surface area contributed by atoms with Gasteiger partial charge in [-0.3, -0.25) is 14.4 Å². The van der Waals surface area contributed by atoms with Crippen LogP contribution in [-0.2, 0) is 19.7 Å². The van der Waals surface area contributed by atoms with E-state index in [1.807, 2.05) is 24.3 Å². The van der Waals surface area contributed by atoms with Crippen molar-refractivity contribution in [2.24, 2.45) is 5.92 Å². The minimum Gasteiger partial charge on any atom is -0.457 e. The first-order valence-electron chi connectivity index (χ1n) is 11.7. The average molecular weight is 490 g/mol. The number of rotatable bonds is 7. The number of esters is 1. The van der Waals surface area contributed by atoms with Gasteiger partial charge in [-0.25, -0.2) is 4.39 Å². The number of ketones is 1. The summed E-state index contributed by atoms with van der Waals surface area (Å²) in [6.45, 7) is 6.16. The fraction of sp³-hybridized carbons (Fsp3) is 0.276. The first-order valence-corrected chi connectivity index (χ1v) is 11.7. The third-order valence-corrected chi connectivity index (χ3v) is 6.07. The summed E-state index contributed by atoms with van der Waals surface area (Å²) in [5, 5.41) is 0. The minimum atomic E-state index is -0.671. The number of benzene rings is 3. The second kappa shape index (κ2) is 10.3. The summed E-state index contributed by atoms with van der Waals surface area (Å²) in [5.74, 6) is -1.03. The predicted molar refractivity (Wildman–Crippen MR) is 134 cm³/mol. The number of Topliss-reactive ketones (excluding diaryl/α,β-unsaturated/α-hetero) is 1. The lowest BCUT2D eigenvalue weighted by Gasteiger charge is -2.19. The molecular weight excluding hydrogens is 461 g/mol. The van der Waals surface area contributed by atoms with Gasteiger partial charge in [0.25, 0.3) is 0 Å². The van der Waals surface area contributed by atoms with Gasteiger partial charge >= 0.3 is 5.97 Å². The van der Waals surface area contributed by atoms with E-state index in [0.717, 1.165) is 0 Å². The van der Waals surface area contributed by atoms with Gasteiger partial charge in [-0.2, -0.15) is 0 Å². The van der Waals surface area contributed by atoms with Gasteiger partial charge in [0.05, 0.1) is 5.92 Å². The van der Waals surface area contributed by atoms with E-state index in [1.54, 1.807) is 24.3 Å². The Kier molecular flexibility index (Phi) is 7.20. The predicted octanol–water partition coefficient (Wildman–Crippen LogP) is 5.69. The maximum absolute atomic E-state index is 13.0. The summed E-state index contributed by atoms with van der Waals surface area (Å²) in [6.07, 6.45) is 0.00193. The smallest absolute Gasteiger partial charge is 0.311 e. The third-order valence-electron chi connectivity index (χ3n) is 6.07. The molecule has 1 aliphatic heterocycles. The van der Waals surface area contributed by atoms with E-state index in [-0.39, 0.29) is 29.9 Å². The van der Waals surface area contributed by atoms with Crippen LogP contribution < -0.4 is 9.64 Å². The highest BCUT2D eigenvalue weighted by Crippen LogP contribution is 2.30. The maximum Gasteiger partial charge on any atom is 0.311 e. The van der Waals surface area contributed by atoms with Gasteiger partial charge in [-0.15, -0.1) is 0 Å². The van der Waals surface area contributed by atoms with Crippen LogP contribution in [0.15, 0.2) is 72.8 Å². The average Bonchev–Trinajstić information content (AvgIpc) is 3.24. The zero-order valence-corrected chi connectivity index (χ0v) is 20.5. The third kappa shape index (κ3) is 5.97. The first-order chi connectivity index (χ1) is 17.1. The Balaban J connectivity index is 1.32. The van der Waals surface area contributed by atoms with Crippen molar-refractivity contribution in [2.45, 2.75) is 32.6 Å². The van der Waals surface area contributed by atoms with Gasteiger partial charge in [0.2, 0.25) is 5.91 Å². The molecule has 1 saturated heterocycles. The highest BCUT2D eigenvalue weighted by molar-refractivity contribution is 6.01. The van der Waals surface area contributed by atoms with E-state index >= 15 is 0 Å². The molecule has 6 nitrogen and oxygen atoms in total. The monoisotopic (exact) mass is 489 g/mol. The van der Waals surface area contributed by atoms with Crippen LogP contribution in [0.4, 0.5) is 10.1 Å². The van der Waals surface area contributed by atoms with Crippen molar-refractivity contribution in [3.63, 3.8) is 0 Å². The Bertz CT molecular complexity index is 1240. The quantitative estimate of drug-likeness (QED) is 0.315. The van der Waals surface area contributed by atoms with E-state index in [0.29, 0.717) is 17.2 Å². The molecule has 0 saturated carbocycles. The second-order valence-electron chi connectivity index (χ2n) is 9.81. The van der Waals surface area contributed by atoms with Crippen LogP contribution in [0, 0.1) is 11.7 Å². The lowest BCUT2D eigenvalue weighted by Crippen LogP contribution is -2.27. The van der Waals surface area contributed by atoms with Gasteiger partial charge in [-0.05, 0) is 71.6 Å². The molecule has 0 unspecified atom stereocenters. The molecule has 0 spiro atoms. The number of nitrogens with zero attached hydrogens (tertiary/aromatic N) is 1. The van der Waals surface area contributed by atoms with Crippen molar-refractivity contribution in [3.8, 4) is 11.5 Å². The molecule has 186 valence electrons. The van der Waals surface area contributed by atoms with Crippen LogP contribution in [0.3, 0.4) is 0 Å².